The van der Waals surface area contributed by atoms with Gasteiger partial charge in [0.2, 0.25) is 0 Å². The molecule has 100 valence electrons. The lowest BCUT2D eigenvalue weighted by molar-refractivity contribution is 0.0978. The predicted octanol–water partition coefficient (Wildman–Crippen LogP) is 4.19. The molecule has 1 rings (SSSR count). The van der Waals surface area contributed by atoms with Crippen molar-refractivity contribution >= 4 is 5.78 Å². The van der Waals surface area contributed by atoms with Crippen molar-refractivity contribution in [3.05, 3.63) is 24.3 Å². The molecule has 18 heavy (non-hydrogen) atoms. The van der Waals surface area contributed by atoms with Gasteiger partial charge in [0.25, 0.3) is 0 Å². The summed E-state index contributed by atoms with van der Waals surface area (Å²) in [4.78, 5) is 19.5. The van der Waals surface area contributed by atoms with Gasteiger partial charge in [-0.15, -0.1) is 0 Å². The van der Waals surface area contributed by atoms with Gasteiger partial charge in [0.15, 0.2) is 5.78 Å². The van der Waals surface area contributed by atoms with Crippen LogP contribution >= 0.6 is 0 Å². The first-order valence-corrected chi connectivity index (χ1v) is 7.12. The Morgan fingerprint density at radius 1 is 0.944 bits per heavy atom. The van der Waals surface area contributed by atoms with Crippen LogP contribution in [0, 0.1) is 0 Å². The minimum absolute atomic E-state index is 0.168. The van der Waals surface area contributed by atoms with Gasteiger partial charge in [-0.1, -0.05) is 51.9 Å². The van der Waals surface area contributed by atoms with Crippen LogP contribution in [0.4, 0.5) is 0 Å². The highest BCUT2D eigenvalue weighted by Gasteiger charge is 2.05. The highest BCUT2D eigenvalue weighted by Crippen LogP contribution is 2.11. The zero-order valence-corrected chi connectivity index (χ0v) is 11.4. The zero-order chi connectivity index (χ0) is 13.1. The molecule has 0 saturated carbocycles. The first-order valence-electron chi connectivity index (χ1n) is 7.12. The van der Waals surface area contributed by atoms with Crippen LogP contribution < -0.4 is 0 Å². The van der Waals surface area contributed by atoms with Crippen molar-refractivity contribution in [3.8, 4) is 0 Å². The van der Waals surface area contributed by atoms with E-state index in [1.165, 1.54) is 44.9 Å². The number of carbonyl (C=O) groups is 1. The molecule has 0 aliphatic rings. The summed E-state index contributed by atoms with van der Waals surface area (Å²) in [6.07, 6.45) is 15.3. The number of hydrogen-bond donors (Lipinski definition) is 0. The molecule has 0 atom stereocenters. The van der Waals surface area contributed by atoms with Crippen molar-refractivity contribution in [2.45, 2.75) is 64.7 Å². The van der Waals surface area contributed by atoms with Crippen LogP contribution in [0.1, 0.15) is 75.1 Å². The van der Waals surface area contributed by atoms with Gasteiger partial charge in [0.05, 0.1) is 5.56 Å². The molecule has 1 aromatic heterocycles. The summed E-state index contributed by atoms with van der Waals surface area (Å²) in [7, 11) is 0. The minimum Gasteiger partial charge on any atom is -0.294 e. The molecule has 3 heteroatoms. The molecule has 0 aliphatic carbocycles. The first-order chi connectivity index (χ1) is 8.84. The Morgan fingerprint density at radius 2 is 1.50 bits per heavy atom. The normalized spacial score (nSPS) is 10.5. The Balaban J connectivity index is 2.00. The molecule has 0 fully saturated rings. The van der Waals surface area contributed by atoms with Gasteiger partial charge in [-0.25, -0.2) is 9.97 Å². The topological polar surface area (TPSA) is 42.9 Å². The monoisotopic (exact) mass is 248 g/mol. The zero-order valence-electron chi connectivity index (χ0n) is 11.4. The van der Waals surface area contributed by atoms with Gasteiger partial charge in [-0.2, -0.15) is 0 Å². The summed E-state index contributed by atoms with van der Waals surface area (Å²) in [5, 5.41) is 0. The van der Waals surface area contributed by atoms with Crippen molar-refractivity contribution in [2.75, 3.05) is 0 Å². The summed E-state index contributed by atoms with van der Waals surface area (Å²) in [5.74, 6) is 0.168. The van der Waals surface area contributed by atoms with Crippen LogP contribution in [0.3, 0.4) is 0 Å². The van der Waals surface area contributed by atoms with E-state index in [9.17, 15) is 4.79 Å². The number of hydrogen-bond acceptors (Lipinski definition) is 3. The number of unbranched alkanes of at least 4 members (excludes halogenated alkanes) is 7. The predicted molar refractivity (Wildman–Crippen MR) is 73.6 cm³/mol. The number of carbonyl (C=O) groups excluding carboxylic acids is 1. The van der Waals surface area contributed by atoms with Gasteiger partial charge in [0.1, 0.15) is 6.33 Å². The molecular weight excluding hydrogens is 224 g/mol. The quantitative estimate of drug-likeness (QED) is 0.460. The highest BCUT2D eigenvalue weighted by atomic mass is 16.1. The number of rotatable bonds is 10. The van der Waals surface area contributed by atoms with Crippen molar-refractivity contribution in [1.82, 2.24) is 9.97 Å². The number of nitrogens with zero attached hydrogens (tertiary/aromatic N) is 2. The Labute approximate surface area is 110 Å². The van der Waals surface area contributed by atoms with Crippen LogP contribution in [0.2, 0.25) is 0 Å². The minimum atomic E-state index is 0.168. The number of aromatic nitrogens is 2. The third kappa shape index (κ3) is 6.48. The second-order valence-corrected chi connectivity index (χ2v) is 4.78. The summed E-state index contributed by atoms with van der Waals surface area (Å²) in [5.41, 5.74) is 0.639. The summed E-state index contributed by atoms with van der Waals surface area (Å²) < 4.78 is 0. The smallest absolute Gasteiger partial charge is 0.165 e. The lowest BCUT2D eigenvalue weighted by atomic mass is 10.0. The van der Waals surface area contributed by atoms with Gasteiger partial charge in [-0.3, -0.25) is 4.79 Å². The molecule has 0 aliphatic heterocycles. The van der Waals surface area contributed by atoms with E-state index in [0.717, 1.165) is 12.8 Å². The summed E-state index contributed by atoms with van der Waals surface area (Å²) in [6.45, 7) is 2.24. The molecule has 0 N–H and O–H groups in total. The van der Waals surface area contributed by atoms with Crippen LogP contribution in [-0.2, 0) is 0 Å². The fourth-order valence-electron chi connectivity index (χ4n) is 2.01. The van der Waals surface area contributed by atoms with Crippen molar-refractivity contribution < 1.29 is 4.79 Å². The van der Waals surface area contributed by atoms with E-state index < -0.39 is 0 Å². The Hall–Kier alpha value is -1.25. The molecule has 0 bridgehead atoms. The molecule has 1 heterocycles. The lowest BCUT2D eigenvalue weighted by Crippen LogP contribution is -2.00. The molecular formula is C15H24N2O. The van der Waals surface area contributed by atoms with E-state index in [1.54, 1.807) is 12.4 Å². The average molecular weight is 248 g/mol. The second kappa shape index (κ2) is 9.75. The van der Waals surface area contributed by atoms with Crippen LogP contribution in [0.25, 0.3) is 0 Å². The maximum absolute atomic E-state index is 11.7. The van der Waals surface area contributed by atoms with Crippen molar-refractivity contribution in [1.29, 1.82) is 0 Å². The Bertz CT molecular complexity index is 325. The molecule has 0 spiro atoms. The third-order valence-corrected chi connectivity index (χ3v) is 3.14. The van der Waals surface area contributed by atoms with Gasteiger partial charge < -0.3 is 0 Å². The van der Waals surface area contributed by atoms with Gasteiger partial charge in [0, 0.05) is 18.8 Å². The first kappa shape index (κ1) is 14.8. The van der Waals surface area contributed by atoms with Gasteiger partial charge in [-0.05, 0) is 6.42 Å². The lowest BCUT2D eigenvalue weighted by Gasteiger charge is -2.01. The van der Waals surface area contributed by atoms with Crippen LogP contribution in [-0.4, -0.2) is 15.8 Å². The SMILES string of the molecule is CCCCCCCCCCC(=O)c1cncnc1. The van der Waals surface area contributed by atoms with E-state index >= 15 is 0 Å². The molecule has 0 radical (unpaired) electrons. The number of Topliss-reactive ketones (excluding diaryl/α,β-unsaturated/α-hetero) is 1. The van der Waals surface area contributed by atoms with E-state index in [-0.39, 0.29) is 5.78 Å². The fraction of sp³-hybridized carbons (Fsp3) is 0.667. The Morgan fingerprint density at radius 3 is 2.11 bits per heavy atom. The largest absolute Gasteiger partial charge is 0.294 e. The van der Waals surface area contributed by atoms with E-state index in [4.69, 9.17) is 0 Å². The van der Waals surface area contributed by atoms with E-state index in [1.807, 2.05) is 0 Å². The van der Waals surface area contributed by atoms with Crippen molar-refractivity contribution in [3.63, 3.8) is 0 Å². The van der Waals surface area contributed by atoms with E-state index in [2.05, 4.69) is 16.9 Å². The van der Waals surface area contributed by atoms with Crippen molar-refractivity contribution in [2.24, 2.45) is 0 Å². The van der Waals surface area contributed by atoms with Gasteiger partial charge >= 0.3 is 0 Å². The summed E-state index contributed by atoms with van der Waals surface area (Å²) >= 11 is 0. The molecule has 0 saturated heterocycles. The number of ketones is 1. The molecule has 3 nitrogen and oxygen atoms in total. The molecule has 1 aromatic rings. The van der Waals surface area contributed by atoms with Crippen LogP contribution in [0.5, 0.6) is 0 Å². The maximum Gasteiger partial charge on any atom is 0.165 e. The third-order valence-electron chi connectivity index (χ3n) is 3.14. The maximum atomic E-state index is 11.7. The standard InChI is InChI=1S/C15H24N2O/c1-2-3-4-5-6-7-8-9-10-15(18)14-11-16-13-17-12-14/h11-13H,2-10H2,1H3. The molecule has 0 aromatic carbocycles. The fourth-order valence-corrected chi connectivity index (χ4v) is 2.01. The summed E-state index contributed by atoms with van der Waals surface area (Å²) in [6, 6.07) is 0. The van der Waals surface area contributed by atoms with Crippen LogP contribution in [0.15, 0.2) is 18.7 Å². The highest BCUT2D eigenvalue weighted by molar-refractivity contribution is 5.95. The second-order valence-electron chi connectivity index (χ2n) is 4.78. The molecule has 0 unspecified atom stereocenters. The van der Waals surface area contributed by atoms with E-state index in [0.29, 0.717) is 12.0 Å². The average Bonchev–Trinajstić information content (AvgIpc) is 2.42. The molecule has 0 amide bonds. The Kier molecular flexibility index (Phi) is 8.02.